The largest absolute Gasteiger partial charge is 0.295 e. The molecule has 0 rings (SSSR count). The van der Waals surface area contributed by atoms with Gasteiger partial charge in [0, 0.05) is 0 Å². The molecule has 0 saturated heterocycles. The molecule has 1 nitrogen and oxygen atoms in total. The lowest BCUT2D eigenvalue weighted by Crippen LogP contribution is -1.79. The lowest BCUT2D eigenvalue weighted by molar-refractivity contribution is -0.112. The van der Waals surface area contributed by atoms with E-state index in [1.165, 1.54) is 12.8 Å². The van der Waals surface area contributed by atoms with Gasteiger partial charge in [0.25, 0.3) is 0 Å². The third-order valence-corrected chi connectivity index (χ3v) is 1.08. The van der Waals surface area contributed by atoms with Gasteiger partial charge in [-0.3, -0.25) is 4.79 Å². The van der Waals surface area contributed by atoms with Crippen LogP contribution in [0, 0.1) is 0 Å². The van der Waals surface area contributed by atoms with Gasteiger partial charge in [-0.15, -0.1) is 0 Å². The van der Waals surface area contributed by atoms with Crippen molar-refractivity contribution >= 4 is 5.78 Å². The molecule has 0 heterocycles. The normalized spacial score (nSPS) is 10.4. The number of ketones is 1. The molecule has 9 heavy (non-hydrogen) atoms. The number of hydrogen-bond acceptors (Lipinski definition) is 1. The van der Waals surface area contributed by atoms with Crippen molar-refractivity contribution in [3.05, 3.63) is 12.2 Å². The van der Waals surface area contributed by atoms with Gasteiger partial charge in [0.1, 0.15) is 0 Å². The molecule has 0 spiro atoms. The van der Waals surface area contributed by atoms with Crippen LogP contribution in [0.3, 0.4) is 0 Å². The van der Waals surface area contributed by atoms with E-state index in [-0.39, 0.29) is 5.78 Å². The Labute approximate surface area is 56.8 Å². The Balaban J connectivity index is 3.15. The number of carbonyl (C=O) groups is 1. The number of hydrogen-bond donors (Lipinski definition) is 0. The molecule has 0 fully saturated rings. The van der Waals surface area contributed by atoms with Crippen LogP contribution in [-0.4, -0.2) is 5.78 Å². The van der Waals surface area contributed by atoms with Gasteiger partial charge < -0.3 is 0 Å². The van der Waals surface area contributed by atoms with Crippen LogP contribution >= 0.6 is 0 Å². The average Bonchev–Trinajstić information content (AvgIpc) is 1.80. The number of allylic oxidation sites excluding steroid dienone is 2. The quantitative estimate of drug-likeness (QED) is 0.417. The number of rotatable bonds is 4. The minimum atomic E-state index is 0.145. The molecular weight excluding hydrogens is 112 g/mol. The molecule has 0 bridgehead atoms. The molecule has 0 atom stereocenters. The van der Waals surface area contributed by atoms with Crippen molar-refractivity contribution in [3.8, 4) is 0 Å². The summed E-state index contributed by atoms with van der Waals surface area (Å²) < 4.78 is 0. The molecule has 0 radical (unpaired) electrons. The van der Waals surface area contributed by atoms with Gasteiger partial charge in [-0.1, -0.05) is 25.8 Å². The van der Waals surface area contributed by atoms with Crippen molar-refractivity contribution in [2.24, 2.45) is 0 Å². The summed E-state index contributed by atoms with van der Waals surface area (Å²) in [6, 6.07) is 0. The lowest BCUT2D eigenvalue weighted by Gasteiger charge is -1.85. The first kappa shape index (κ1) is 8.41. The highest BCUT2D eigenvalue weighted by molar-refractivity contribution is 5.87. The molecule has 0 aliphatic rings. The molecule has 0 amide bonds. The Hall–Kier alpha value is -0.590. The Kier molecular flexibility index (Phi) is 5.18. The van der Waals surface area contributed by atoms with Crippen LogP contribution in [0.5, 0.6) is 0 Å². The molecule has 0 aromatic rings. The van der Waals surface area contributed by atoms with Gasteiger partial charge in [-0.2, -0.15) is 0 Å². The monoisotopic (exact) mass is 126 g/mol. The standard InChI is InChI=1S/C8H14O/c1-3-4-5-6-7-8(2)9/h6-7H,3-5H2,1-2H3. The fraction of sp³-hybridized carbons (Fsp3) is 0.625. The molecule has 0 aromatic heterocycles. The SMILES string of the molecule is CCCCC=CC(C)=O. The zero-order chi connectivity index (χ0) is 7.11. The Bertz CT molecular complexity index is 103. The van der Waals surface area contributed by atoms with Crippen molar-refractivity contribution in [1.29, 1.82) is 0 Å². The molecule has 1 heteroatoms. The summed E-state index contributed by atoms with van der Waals surface area (Å²) in [5.74, 6) is 0.145. The average molecular weight is 126 g/mol. The molecule has 0 N–H and O–H groups in total. The maximum absolute atomic E-state index is 10.3. The van der Waals surface area contributed by atoms with Crippen molar-refractivity contribution in [1.82, 2.24) is 0 Å². The second-order valence-corrected chi connectivity index (χ2v) is 2.16. The van der Waals surface area contributed by atoms with E-state index in [2.05, 4.69) is 6.92 Å². The Morgan fingerprint density at radius 3 is 2.67 bits per heavy atom. The number of carbonyl (C=O) groups excluding carboxylic acids is 1. The summed E-state index contributed by atoms with van der Waals surface area (Å²) in [7, 11) is 0. The summed E-state index contributed by atoms with van der Waals surface area (Å²) >= 11 is 0. The summed E-state index contributed by atoms with van der Waals surface area (Å²) in [5, 5.41) is 0. The van der Waals surface area contributed by atoms with Gasteiger partial charge in [0.05, 0.1) is 0 Å². The van der Waals surface area contributed by atoms with E-state index in [0.717, 1.165) is 6.42 Å². The van der Waals surface area contributed by atoms with E-state index >= 15 is 0 Å². The highest BCUT2D eigenvalue weighted by atomic mass is 16.1. The van der Waals surface area contributed by atoms with Gasteiger partial charge in [-0.25, -0.2) is 0 Å². The first-order valence-electron chi connectivity index (χ1n) is 3.44. The molecule has 0 aliphatic carbocycles. The van der Waals surface area contributed by atoms with Gasteiger partial charge >= 0.3 is 0 Å². The third-order valence-electron chi connectivity index (χ3n) is 1.08. The fourth-order valence-corrected chi connectivity index (χ4v) is 0.571. The van der Waals surface area contributed by atoms with Gasteiger partial charge in [0.15, 0.2) is 5.78 Å². The molecule has 0 aliphatic heterocycles. The van der Waals surface area contributed by atoms with E-state index in [0.29, 0.717) is 0 Å². The van der Waals surface area contributed by atoms with Crippen LogP contribution in [-0.2, 0) is 4.79 Å². The van der Waals surface area contributed by atoms with Crippen molar-refractivity contribution in [3.63, 3.8) is 0 Å². The Morgan fingerprint density at radius 1 is 1.56 bits per heavy atom. The van der Waals surface area contributed by atoms with Crippen molar-refractivity contribution in [2.45, 2.75) is 33.1 Å². The summed E-state index contributed by atoms with van der Waals surface area (Å²) in [6.45, 7) is 3.71. The summed E-state index contributed by atoms with van der Waals surface area (Å²) in [6.07, 6.45) is 6.99. The fourth-order valence-electron chi connectivity index (χ4n) is 0.571. The van der Waals surface area contributed by atoms with E-state index in [1.807, 2.05) is 6.08 Å². The first-order chi connectivity index (χ1) is 4.27. The molecule has 0 unspecified atom stereocenters. The van der Waals surface area contributed by atoms with Crippen LogP contribution in [0.1, 0.15) is 33.1 Å². The molecule has 0 saturated carbocycles. The lowest BCUT2D eigenvalue weighted by atomic mass is 10.2. The van der Waals surface area contributed by atoms with E-state index in [1.54, 1.807) is 13.0 Å². The zero-order valence-electron chi connectivity index (χ0n) is 6.18. The second kappa shape index (κ2) is 5.54. The Morgan fingerprint density at radius 2 is 2.22 bits per heavy atom. The predicted molar refractivity (Wildman–Crippen MR) is 39.3 cm³/mol. The second-order valence-electron chi connectivity index (χ2n) is 2.16. The van der Waals surface area contributed by atoms with Crippen LogP contribution in [0.2, 0.25) is 0 Å². The molecule has 0 aromatic carbocycles. The van der Waals surface area contributed by atoms with Crippen LogP contribution < -0.4 is 0 Å². The van der Waals surface area contributed by atoms with E-state index < -0.39 is 0 Å². The maximum atomic E-state index is 10.3. The van der Waals surface area contributed by atoms with Gasteiger partial charge in [-0.05, 0) is 19.4 Å². The van der Waals surface area contributed by atoms with E-state index in [9.17, 15) is 4.79 Å². The highest BCUT2D eigenvalue weighted by Gasteiger charge is 1.80. The number of unbranched alkanes of at least 4 members (excludes halogenated alkanes) is 2. The smallest absolute Gasteiger partial charge is 0.152 e. The summed E-state index contributed by atoms with van der Waals surface area (Å²) in [5.41, 5.74) is 0. The van der Waals surface area contributed by atoms with Crippen molar-refractivity contribution < 1.29 is 4.79 Å². The van der Waals surface area contributed by atoms with Crippen LogP contribution in [0.25, 0.3) is 0 Å². The highest BCUT2D eigenvalue weighted by Crippen LogP contribution is 1.94. The zero-order valence-corrected chi connectivity index (χ0v) is 6.18. The predicted octanol–water partition coefficient (Wildman–Crippen LogP) is 2.32. The molecule has 52 valence electrons. The first-order valence-corrected chi connectivity index (χ1v) is 3.44. The minimum absolute atomic E-state index is 0.145. The van der Waals surface area contributed by atoms with E-state index in [4.69, 9.17) is 0 Å². The maximum Gasteiger partial charge on any atom is 0.152 e. The summed E-state index contributed by atoms with van der Waals surface area (Å²) in [4.78, 5) is 10.3. The molecular formula is C8H14O. The minimum Gasteiger partial charge on any atom is -0.295 e. The van der Waals surface area contributed by atoms with Crippen LogP contribution in [0.15, 0.2) is 12.2 Å². The van der Waals surface area contributed by atoms with Crippen LogP contribution in [0.4, 0.5) is 0 Å². The third kappa shape index (κ3) is 7.41. The van der Waals surface area contributed by atoms with Gasteiger partial charge in [0.2, 0.25) is 0 Å². The van der Waals surface area contributed by atoms with Crippen molar-refractivity contribution in [2.75, 3.05) is 0 Å². The topological polar surface area (TPSA) is 17.1 Å².